The second-order valence-electron chi connectivity index (χ2n) is 4.59. The van der Waals surface area contributed by atoms with Crippen LogP contribution in [0.3, 0.4) is 0 Å². The van der Waals surface area contributed by atoms with Gasteiger partial charge in [-0.2, -0.15) is 0 Å². The molecule has 2 rings (SSSR count). The molecule has 0 N–H and O–H groups in total. The summed E-state index contributed by atoms with van der Waals surface area (Å²) in [6, 6.07) is 9.76. The fourth-order valence-corrected chi connectivity index (χ4v) is 2.49. The van der Waals surface area contributed by atoms with Crippen molar-refractivity contribution in [2.45, 2.75) is 20.4 Å². The van der Waals surface area contributed by atoms with Crippen LogP contribution in [0, 0.1) is 0 Å². The largest absolute Gasteiger partial charge is 0.367 e. The third-order valence-electron chi connectivity index (χ3n) is 3.18. The summed E-state index contributed by atoms with van der Waals surface area (Å²) in [6.45, 7) is 5.29. The van der Waals surface area contributed by atoms with Crippen LogP contribution in [0.2, 0.25) is 0 Å². The number of carbonyl (C=O) groups excluding carboxylic acids is 1. The van der Waals surface area contributed by atoms with Crippen LogP contribution in [0.5, 0.6) is 0 Å². The highest BCUT2D eigenvalue weighted by Crippen LogP contribution is 2.27. The van der Waals surface area contributed by atoms with Crippen molar-refractivity contribution in [3.63, 3.8) is 0 Å². The standard InChI is InChI=1S/C16H17BrN2O/c1-3-19(11-13-6-8-18-9-7-13)16-10-14(17)4-5-15(16)12(2)20/h4-10H,3,11H2,1-2H3. The Kier molecular flexibility index (Phi) is 4.90. The molecule has 0 atom stereocenters. The Morgan fingerprint density at radius 2 is 1.95 bits per heavy atom. The highest BCUT2D eigenvalue weighted by atomic mass is 79.9. The summed E-state index contributed by atoms with van der Waals surface area (Å²) < 4.78 is 0.977. The van der Waals surface area contributed by atoms with Crippen molar-refractivity contribution in [2.75, 3.05) is 11.4 Å². The maximum absolute atomic E-state index is 11.8. The van der Waals surface area contributed by atoms with E-state index in [1.807, 2.05) is 30.3 Å². The zero-order valence-electron chi connectivity index (χ0n) is 11.6. The number of carbonyl (C=O) groups is 1. The average molecular weight is 333 g/mol. The van der Waals surface area contributed by atoms with E-state index in [2.05, 4.69) is 32.7 Å². The Balaban J connectivity index is 2.36. The summed E-state index contributed by atoms with van der Waals surface area (Å²) in [5.41, 5.74) is 2.90. The van der Waals surface area contributed by atoms with Crippen LogP contribution in [-0.2, 0) is 6.54 Å². The lowest BCUT2D eigenvalue weighted by Gasteiger charge is -2.25. The number of benzene rings is 1. The number of hydrogen-bond donors (Lipinski definition) is 0. The number of rotatable bonds is 5. The van der Waals surface area contributed by atoms with Crippen molar-refractivity contribution in [1.29, 1.82) is 0 Å². The van der Waals surface area contributed by atoms with Gasteiger partial charge in [-0.15, -0.1) is 0 Å². The fraction of sp³-hybridized carbons (Fsp3) is 0.250. The number of nitrogens with zero attached hydrogens (tertiary/aromatic N) is 2. The molecule has 0 aliphatic heterocycles. The van der Waals surface area contributed by atoms with E-state index in [0.717, 1.165) is 28.8 Å². The van der Waals surface area contributed by atoms with Gasteiger partial charge in [-0.05, 0) is 49.7 Å². The van der Waals surface area contributed by atoms with Crippen molar-refractivity contribution < 1.29 is 4.79 Å². The topological polar surface area (TPSA) is 33.2 Å². The number of anilines is 1. The summed E-state index contributed by atoms with van der Waals surface area (Å²) in [4.78, 5) is 18.0. The summed E-state index contributed by atoms with van der Waals surface area (Å²) in [5.74, 6) is 0.0840. The van der Waals surface area contributed by atoms with E-state index in [1.165, 1.54) is 5.56 Å². The van der Waals surface area contributed by atoms with Crippen LogP contribution >= 0.6 is 15.9 Å². The van der Waals surface area contributed by atoms with Gasteiger partial charge in [-0.1, -0.05) is 15.9 Å². The van der Waals surface area contributed by atoms with Crippen molar-refractivity contribution in [3.8, 4) is 0 Å². The molecule has 0 radical (unpaired) electrons. The van der Waals surface area contributed by atoms with Gasteiger partial charge in [0, 0.05) is 41.2 Å². The Bertz CT molecular complexity index is 599. The minimum Gasteiger partial charge on any atom is -0.367 e. The summed E-state index contributed by atoms with van der Waals surface area (Å²) in [6.07, 6.45) is 3.58. The normalized spacial score (nSPS) is 10.3. The Labute approximate surface area is 127 Å². The van der Waals surface area contributed by atoms with E-state index >= 15 is 0 Å². The van der Waals surface area contributed by atoms with E-state index in [9.17, 15) is 4.79 Å². The van der Waals surface area contributed by atoms with Crippen LogP contribution < -0.4 is 4.90 Å². The summed E-state index contributed by atoms with van der Waals surface area (Å²) in [5, 5.41) is 0. The molecule has 0 aliphatic carbocycles. The highest BCUT2D eigenvalue weighted by Gasteiger charge is 2.14. The van der Waals surface area contributed by atoms with Crippen molar-refractivity contribution in [2.24, 2.45) is 0 Å². The van der Waals surface area contributed by atoms with Crippen molar-refractivity contribution >= 4 is 27.4 Å². The first-order valence-electron chi connectivity index (χ1n) is 6.56. The molecule has 4 heteroatoms. The quantitative estimate of drug-likeness (QED) is 0.773. The summed E-state index contributed by atoms with van der Waals surface area (Å²) in [7, 11) is 0. The van der Waals surface area contributed by atoms with Gasteiger partial charge in [0.1, 0.15) is 0 Å². The monoisotopic (exact) mass is 332 g/mol. The van der Waals surface area contributed by atoms with E-state index < -0.39 is 0 Å². The molecule has 104 valence electrons. The van der Waals surface area contributed by atoms with E-state index in [0.29, 0.717) is 0 Å². The SMILES string of the molecule is CCN(Cc1ccncc1)c1cc(Br)ccc1C(C)=O. The van der Waals surface area contributed by atoms with Gasteiger partial charge in [0.25, 0.3) is 0 Å². The van der Waals surface area contributed by atoms with Gasteiger partial charge in [0.2, 0.25) is 0 Å². The van der Waals surface area contributed by atoms with Crippen LogP contribution in [0.4, 0.5) is 5.69 Å². The number of ketones is 1. The molecule has 1 aromatic carbocycles. The number of aromatic nitrogens is 1. The number of hydrogen-bond acceptors (Lipinski definition) is 3. The fourth-order valence-electron chi connectivity index (χ4n) is 2.14. The first-order valence-corrected chi connectivity index (χ1v) is 7.35. The van der Waals surface area contributed by atoms with Gasteiger partial charge in [-0.3, -0.25) is 9.78 Å². The molecule has 3 nitrogen and oxygen atoms in total. The molecular formula is C16H17BrN2O. The lowest BCUT2D eigenvalue weighted by atomic mass is 10.1. The van der Waals surface area contributed by atoms with Crippen LogP contribution in [0.1, 0.15) is 29.8 Å². The molecule has 20 heavy (non-hydrogen) atoms. The van der Waals surface area contributed by atoms with E-state index in [1.54, 1.807) is 19.3 Å². The number of Topliss-reactive ketones (excluding diaryl/α,β-unsaturated/α-hetero) is 1. The third-order valence-corrected chi connectivity index (χ3v) is 3.68. The molecule has 1 aromatic heterocycles. The minimum absolute atomic E-state index is 0.0840. The van der Waals surface area contributed by atoms with Crippen LogP contribution in [-0.4, -0.2) is 17.3 Å². The summed E-state index contributed by atoms with van der Waals surface area (Å²) >= 11 is 3.48. The van der Waals surface area contributed by atoms with Crippen molar-refractivity contribution in [1.82, 2.24) is 4.98 Å². The minimum atomic E-state index is 0.0840. The maximum Gasteiger partial charge on any atom is 0.161 e. The maximum atomic E-state index is 11.8. The smallest absolute Gasteiger partial charge is 0.161 e. The van der Waals surface area contributed by atoms with E-state index in [4.69, 9.17) is 0 Å². The molecule has 0 bridgehead atoms. The molecule has 0 unspecified atom stereocenters. The molecule has 1 heterocycles. The zero-order chi connectivity index (χ0) is 14.5. The van der Waals surface area contributed by atoms with Crippen LogP contribution in [0.25, 0.3) is 0 Å². The highest BCUT2D eigenvalue weighted by molar-refractivity contribution is 9.10. The zero-order valence-corrected chi connectivity index (χ0v) is 13.2. The Morgan fingerprint density at radius 1 is 1.25 bits per heavy atom. The van der Waals surface area contributed by atoms with Crippen molar-refractivity contribution in [3.05, 3.63) is 58.3 Å². The number of pyridine rings is 1. The molecule has 0 aliphatic rings. The molecule has 0 fully saturated rings. The second-order valence-corrected chi connectivity index (χ2v) is 5.50. The van der Waals surface area contributed by atoms with Gasteiger partial charge in [0.15, 0.2) is 5.78 Å². The third kappa shape index (κ3) is 3.45. The molecule has 2 aromatic rings. The lowest BCUT2D eigenvalue weighted by Crippen LogP contribution is -2.24. The second kappa shape index (κ2) is 6.66. The Morgan fingerprint density at radius 3 is 2.55 bits per heavy atom. The Hall–Kier alpha value is -1.68. The lowest BCUT2D eigenvalue weighted by molar-refractivity contribution is 0.101. The van der Waals surface area contributed by atoms with Gasteiger partial charge in [-0.25, -0.2) is 0 Å². The predicted octanol–water partition coefficient (Wildman–Crippen LogP) is 4.07. The first kappa shape index (κ1) is 14.7. The molecule has 0 saturated carbocycles. The molecule has 0 saturated heterocycles. The molecule has 0 spiro atoms. The van der Waals surface area contributed by atoms with E-state index in [-0.39, 0.29) is 5.78 Å². The van der Waals surface area contributed by atoms with Gasteiger partial charge < -0.3 is 4.90 Å². The molecular weight excluding hydrogens is 316 g/mol. The first-order chi connectivity index (χ1) is 9.61. The average Bonchev–Trinajstić information content (AvgIpc) is 2.45. The predicted molar refractivity (Wildman–Crippen MR) is 85.1 cm³/mol. The molecule has 0 amide bonds. The van der Waals surface area contributed by atoms with Crippen LogP contribution in [0.15, 0.2) is 47.2 Å². The van der Waals surface area contributed by atoms with Gasteiger partial charge in [0.05, 0.1) is 0 Å². The number of halogens is 1. The van der Waals surface area contributed by atoms with Gasteiger partial charge >= 0.3 is 0 Å².